The molecule has 2 rings (SSSR count). The molecule has 0 saturated carbocycles. The zero-order chi connectivity index (χ0) is 13.7. The predicted octanol–water partition coefficient (Wildman–Crippen LogP) is 3.13. The van der Waals surface area contributed by atoms with E-state index in [4.69, 9.17) is 20.8 Å². The molecule has 0 aliphatic carbocycles. The summed E-state index contributed by atoms with van der Waals surface area (Å²) in [5.41, 5.74) is 0. The van der Waals surface area contributed by atoms with Gasteiger partial charge in [-0.3, -0.25) is 4.79 Å². The molecule has 5 heteroatoms. The van der Waals surface area contributed by atoms with Gasteiger partial charge in [-0.1, -0.05) is 11.6 Å². The van der Waals surface area contributed by atoms with Crippen molar-refractivity contribution >= 4 is 17.5 Å². The van der Waals surface area contributed by atoms with Crippen molar-refractivity contribution in [3.8, 4) is 5.75 Å². The van der Waals surface area contributed by atoms with Gasteiger partial charge in [0, 0.05) is 5.02 Å². The molecule has 1 N–H and O–H groups in total. The topological polar surface area (TPSA) is 51.5 Å². The monoisotopic (exact) mass is 279 g/mol. The molecule has 19 heavy (non-hydrogen) atoms. The third-order valence-corrected chi connectivity index (χ3v) is 2.69. The van der Waals surface area contributed by atoms with Gasteiger partial charge in [0.05, 0.1) is 12.3 Å². The van der Waals surface area contributed by atoms with Crippen molar-refractivity contribution in [2.75, 3.05) is 6.61 Å². The molecule has 0 saturated heterocycles. The molecule has 0 unspecified atom stereocenters. The third-order valence-electron chi connectivity index (χ3n) is 2.44. The summed E-state index contributed by atoms with van der Waals surface area (Å²) in [6.45, 7) is 2.23. The molecule has 0 bridgehead atoms. The maximum Gasteiger partial charge on any atom is 0.287 e. The predicted molar refractivity (Wildman–Crippen MR) is 72.6 cm³/mol. The Hall–Kier alpha value is -1.94. The summed E-state index contributed by atoms with van der Waals surface area (Å²) in [4.78, 5) is 11.7. The highest BCUT2D eigenvalue weighted by molar-refractivity contribution is 6.30. The number of halogens is 1. The van der Waals surface area contributed by atoms with E-state index in [9.17, 15) is 4.79 Å². The van der Waals surface area contributed by atoms with Gasteiger partial charge in [-0.05, 0) is 43.3 Å². The number of amides is 1. The highest BCUT2D eigenvalue weighted by Gasteiger charge is 2.12. The standard InChI is InChI=1S/C14H14ClNO3/c1-10(16-14(17)13-3-2-8-18-13)9-19-12-6-4-11(15)5-7-12/h2-8,10H,9H2,1H3,(H,16,17)/t10-/m0/s1. The first kappa shape index (κ1) is 13.5. The van der Waals surface area contributed by atoms with Crippen LogP contribution in [0.5, 0.6) is 5.75 Å². The van der Waals surface area contributed by atoms with Crippen molar-refractivity contribution in [3.63, 3.8) is 0 Å². The van der Waals surface area contributed by atoms with Crippen LogP contribution in [0.15, 0.2) is 47.1 Å². The Morgan fingerprint density at radius 1 is 1.37 bits per heavy atom. The van der Waals surface area contributed by atoms with Crippen LogP contribution in [0.2, 0.25) is 5.02 Å². The molecule has 1 aromatic carbocycles. The first-order chi connectivity index (χ1) is 9.15. The van der Waals surface area contributed by atoms with E-state index >= 15 is 0 Å². The minimum atomic E-state index is -0.253. The molecule has 0 fully saturated rings. The maximum atomic E-state index is 11.7. The van der Waals surface area contributed by atoms with Crippen LogP contribution in [0, 0.1) is 0 Å². The van der Waals surface area contributed by atoms with Gasteiger partial charge in [0.25, 0.3) is 5.91 Å². The van der Waals surface area contributed by atoms with Gasteiger partial charge >= 0.3 is 0 Å². The van der Waals surface area contributed by atoms with Crippen LogP contribution in [0.25, 0.3) is 0 Å². The SMILES string of the molecule is C[C@@H](COc1ccc(Cl)cc1)NC(=O)c1ccco1. The summed E-state index contributed by atoms with van der Waals surface area (Å²) in [5.74, 6) is 0.749. The zero-order valence-electron chi connectivity index (χ0n) is 10.4. The molecule has 0 aliphatic rings. The second kappa shape index (κ2) is 6.29. The highest BCUT2D eigenvalue weighted by atomic mass is 35.5. The third kappa shape index (κ3) is 4.03. The minimum Gasteiger partial charge on any atom is -0.491 e. The molecule has 1 aromatic heterocycles. The smallest absolute Gasteiger partial charge is 0.287 e. The Balaban J connectivity index is 1.80. The fraction of sp³-hybridized carbons (Fsp3) is 0.214. The summed E-state index contributed by atoms with van der Waals surface area (Å²) < 4.78 is 10.5. The van der Waals surface area contributed by atoms with Crippen molar-refractivity contribution in [2.45, 2.75) is 13.0 Å². The molecule has 1 atom stereocenters. The van der Waals surface area contributed by atoms with E-state index in [1.165, 1.54) is 6.26 Å². The fourth-order valence-corrected chi connectivity index (χ4v) is 1.62. The lowest BCUT2D eigenvalue weighted by Gasteiger charge is -2.14. The number of furan rings is 1. The van der Waals surface area contributed by atoms with E-state index < -0.39 is 0 Å². The number of hydrogen-bond acceptors (Lipinski definition) is 3. The summed E-state index contributed by atoms with van der Waals surface area (Å²) in [6.07, 6.45) is 1.46. The van der Waals surface area contributed by atoms with Gasteiger partial charge in [-0.15, -0.1) is 0 Å². The van der Waals surface area contributed by atoms with E-state index in [0.717, 1.165) is 0 Å². The fourth-order valence-electron chi connectivity index (χ4n) is 1.50. The van der Waals surface area contributed by atoms with Crippen LogP contribution in [0.1, 0.15) is 17.5 Å². The quantitative estimate of drug-likeness (QED) is 0.915. The van der Waals surface area contributed by atoms with Gasteiger partial charge < -0.3 is 14.5 Å². The number of ether oxygens (including phenoxy) is 1. The molecule has 1 heterocycles. The lowest BCUT2D eigenvalue weighted by molar-refractivity contribution is 0.0898. The largest absolute Gasteiger partial charge is 0.491 e. The van der Waals surface area contributed by atoms with Crippen LogP contribution < -0.4 is 10.1 Å². The number of carbonyl (C=O) groups is 1. The van der Waals surface area contributed by atoms with Crippen molar-refractivity contribution in [3.05, 3.63) is 53.4 Å². The van der Waals surface area contributed by atoms with Gasteiger partial charge in [-0.2, -0.15) is 0 Å². The van der Waals surface area contributed by atoms with E-state index in [2.05, 4.69) is 5.32 Å². The Morgan fingerprint density at radius 3 is 2.74 bits per heavy atom. The Kier molecular flexibility index (Phi) is 4.47. The van der Waals surface area contributed by atoms with Crippen LogP contribution in [-0.4, -0.2) is 18.6 Å². The van der Waals surface area contributed by atoms with E-state index in [0.29, 0.717) is 23.1 Å². The lowest BCUT2D eigenvalue weighted by Crippen LogP contribution is -2.36. The molecular formula is C14H14ClNO3. The number of nitrogens with one attached hydrogen (secondary N) is 1. The summed E-state index contributed by atoms with van der Waals surface area (Å²) in [6, 6.07) is 10.2. The van der Waals surface area contributed by atoms with E-state index in [1.54, 1.807) is 36.4 Å². The molecule has 0 radical (unpaired) electrons. The van der Waals surface area contributed by atoms with Gasteiger partial charge in [0.1, 0.15) is 12.4 Å². The van der Waals surface area contributed by atoms with Crippen molar-refractivity contribution in [1.82, 2.24) is 5.32 Å². The minimum absolute atomic E-state index is 0.131. The zero-order valence-corrected chi connectivity index (χ0v) is 11.2. The van der Waals surface area contributed by atoms with Crippen molar-refractivity contribution in [2.24, 2.45) is 0 Å². The molecule has 4 nitrogen and oxygen atoms in total. The highest BCUT2D eigenvalue weighted by Crippen LogP contribution is 2.15. The Labute approximate surface area is 116 Å². The normalized spacial score (nSPS) is 11.9. The van der Waals surface area contributed by atoms with Crippen LogP contribution in [-0.2, 0) is 0 Å². The maximum absolute atomic E-state index is 11.7. The number of rotatable bonds is 5. The average molecular weight is 280 g/mol. The van der Waals surface area contributed by atoms with Crippen LogP contribution in [0.4, 0.5) is 0 Å². The van der Waals surface area contributed by atoms with E-state index in [-0.39, 0.29) is 11.9 Å². The number of hydrogen-bond donors (Lipinski definition) is 1. The molecule has 0 aliphatic heterocycles. The second-order valence-electron chi connectivity index (χ2n) is 4.12. The second-order valence-corrected chi connectivity index (χ2v) is 4.55. The molecular weight excluding hydrogens is 266 g/mol. The first-order valence-corrected chi connectivity index (χ1v) is 6.25. The molecule has 0 spiro atoms. The summed E-state index contributed by atoms with van der Waals surface area (Å²) in [7, 11) is 0. The van der Waals surface area contributed by atoms with Gasteiger partial charge in [0.15, 0.2) is 5.76 Å². The van der Waals surface area contributed by atoms with Gasteiger partial charge in [0.2, 0.25) is 0 Å². The number of benzene rings is 1. The average Bonchev–Trinajstić information content (AvgIpc) is 2.92. The van der Waals surface area contributed by atoms with Crippen molar-refractivity contribution < 1.29 is 13.9 Å². The van der Waals surface area contributed by atoms with Crippen LogP contribution in [0.3, 0.4) is 0 Å². The first-order valence-electron chi connectivity index (χ1n) is 5.88. The molecule has 2 aromatic rings. The lowest BCUT2D eigenvalue weighted by atomic mass is 10.3. The summed E-state index contributed by atoms with van der Waals surface area (Å²) in [5, 5.41) is 3.44. The van der Waals surface area contributed by atoms with Gasteiger partial charge in [-0.25, -0.2) is 0 Å². The van der Waals surface area contributed by atoms with Crippen LogP contribution >= 0.6 is 11.6 Å². The molecule has 100 valence electrons. The Morgan fingerprint density at radius 2 is 2.11 bits per heavy atom. The number of carbonyl (C=O) groups excluding carboxylic acids is 1. The van der Waals surface area contributed by atoms with Crippen molar-refractivity contribution in [1.29, 1.82) is 0 Å². The Bertz CT molecular complexity index is 522. The van der Waals surface area contributed by atoms with E-state index in [1.807, 2.05) is 6.92 Å². The summed E-state index contributed by atoms with van der Waals surface area (Å²) >= 11 is 5.78. The molecule has 1 amide bonds.